The van der Waals surface area contributed by atoms with Gasteiger partial charge in [0.25, 0.3) is 5.69 Å². The van der Waals surface area contributed by atoms with Crippen molar-refractivity contribution in [3.63, 3.8) is 0 Å². The highest BCUT2D eigenvalue weighted by Gasteiger charge is 2.28. The summed E-state index contributed by atoms with van der Waals surface area (Å²) < 4.78 is 25.7. The summed E-state index contributed by atoms with van der Waals surface area (Å²) >= 11 is 0. The van der Waals surface area contributed by atoms with Gasteiger partial charge in [0, 0.05) is 25.2 Å². The van der Waals surface area contributed by atoms with Gasteiger partial charge in [-0.25, -0.2) is 8.42 Å². The fourth-order valence-electron chi connectivity index (χ4n) is 1.67. The molecule has 0 radical (unpaired) electrons. The van der Waals surface area contributed by atoms with Crippen molar-refractivity contribution >= 4 is 21.4 Å². The number of aliphatic hydroxyl groups is 2. The Balaban J connectivity index is 3.39. The summed E-state index contributed by atoms with van der Waals surface area (Å²) in [5.41, 5.74) is 1.71. The van der Waals surface area contributed by atoms with Crippen molar-refractivity contribution in [1.29, 1.82) is 0 Å². The fourth-order valence-corrected chi connectivity index (χ4v) is 3.27. The number of aliphatic hydroxyl groups excluding tert-OH is 2. The lowest BCUT2D eigenvalue weighted by molar-refractivity contribution is -0.385. The van der Waals surface area contributed by atoms with E-state index in [4.69, 9.17) is 16.1 Å². The van der Waals surface area contributed by atoms with Crippen molar-refractivity contribution < 1.29 is 23.6 Å². The lowest BCUT2D eigenvalue weighted by Gasteiger charge is -2.21. The van der Waals surface area contributed by atoms with Gasteiger partial charge in [0.1, 0.15) is 4.90 Å². The zero-order valence-corrected chi connectivity index (χ0v) is 11.8. The number of non-ortho nitro benzene ring substituents is 1. The number of sulfonamides is 1. The van der Waals surface area contributed by atoms with Crippen LogP contribution >= 0.6 is 0 Å². The number of benzene rings is 1. The SMILES string of the molecule is NNc1ccc([N+](=O)[O-])cc1S(=O)(=O)N(CCO)CCO. The van der Waals surface area contributed by atoms with Gasteiger partial charge in [-0.15, -0.1) is 0 Å². The first-order valence-corrected chi connectivity index (χ1v) is 7.29. The molecule has 11 heteroatoms. The Morgan fingerprint density at radius 1 is 1.29 bits per heavy atom. The molecule has 0 unspecified atom stereocenters. The minimum atomic E-state index is -4.16. The average molecular weight is 320 g/mol. The Morgan fingerprint density at radius 2 is 1.86 bits per heavy atom. The van der Waals surface area contributed by atoms with Gasteiger partial charge >= 0.3 is 0 Å². The maximum absolute atomic E-state index is 12.5. The Kier molecular flexibility index (Phi) is 5.99. The van der Waals surface area contributed by atoms with E-state index in [1.807, 2.05) is 0 Å². The molecule has 0 aliphatic carbocycles. The number of nitrogens with zero attached hydrogens (tertiary/aromatic N) is 2. The molecule has 0 saturated heterocycles. The molecule has 5 N–H and O–H groups in total. The summed E-state index contributed by atoms with van der Waals surface area (Å²) in [6.45, 7) is -1.43. The third kappa shape index (κ3) is 3.86. The van der Waals surface area contributed by atoms with Crippen molar-refractivity contribution in [2.75, 3.05) is 31.7 Å². The molecule has 0 saturated carbocycles. The molecule has 21 heavy (non-hydrogen) atoms. The van der Waals surface area contributed by atoms with Crippen molar-refractivity contribution in [2.24, 2.45) is 5.84 Å². The van der Waals surface area contributed by atoms with E-state index in [-0.39, 0.29) is 18.8 Å². The van der Waals surface area contributed by atoms with Crippen LogP contribution in [0.1, 0.15) is 0 Å². The molecule has 118 valence electrons. The normalized spacial score (nSPS) is 11.6. The first-order valence-electron chi connectivity index (χ1n) is 5.85. The third-order valence-corrected chi connectivity index (χ3v) is 4.59. The van der Waals surface area contributed by atoms with Crippen LogP contribution in [-0.2, 0) is 10.0 Å². The van der Waals surface area contributed by atoms with Gasteiger partial charge in [0.05, 0.1) is 23.8 Å². The summed E-state index contributed by atoms with van der Waals surface area (Å²) in [6.07, 6.45) is 0. The number of hydrazine groups is 1. The Bertz CT molecular complexity index is 600. The number of rotatable bonds is 8. The van der Waals surface area contributed by atoms with Crippen LogP contribution < -0.4 is 11.3 Å². The zero-order valence-electron chi connectivity index (χ0n) is 11.0. The number of anilines is 1. The van der Waals surface area contributed by atoms with Crippen molar-refractivity contribution in [1.82, 2.24) is 4.31 Å². The van der Waals surface area contributed by atoms with Crippen LogP contribution in [-0.4, -0.2) is 54.2 Å². The molecular formula is C10H16N4O6S. The van der Waals surface area contributed by atoms with Crippen LogP contribution in [0.2, 0.25) is 0 Å². The van der Waals surface area contributed by atoms with E-state index in [1.165, 1.54) is 6.07 Å². The highest BCUT2D eigenvalue weighted by molar-refractivity contribution is 7.89. The van der Waals surface area contributed by atoms with Gasteiger partial charge in [-0.3, -0.25) is 16.0 Å². The molecule has 0 spiro atoms. The first kappa shape index (κ1) is 17.3. The van der Waals surface area contributed by atoms with Gasteiger partial charge in [-0.1, -0.05) is 0 Å². The smallest absolute Gasteiger partial charge is 0.270 e. The number of nitrogen functional groups attached to an aromatic ring is 1. The van der Waals surface area contributed by atoms with Crippen molar-refractivity contribution in [3.8, 4) is 0 Å². The molecule has 0 aliphatic rings. The highest BCUT2D eigenvalue weighted by Crippen LogP contribution is 2.28. The van der Waals surface area contributed by atoms with Crippen LogP contribution in [0.25, 0.3) is 0 Å². The molecule has 1 aromatic carbocycles. The standard InChI is InChI=1S/C10H16N4O6S/c11-12-9-2-1-8(14(17)18)7-10(9)21(19,20)13(3-5-15)4-6-16/h1-2,7,12,15-16H,3-6,11H2. The van der Waals surface area contributed by atoms with Gasteiger partial charge in [-0.05, 0) is 6.07 Å². The average Bonchev–Trinajstić information content (AvgIpc) is 2.46. The number of nitro benzene ring substituents is 1. The van der Waals surface area contributed by atoms with E-state index in [9.17, 15) is 18.5 Å². The molecule has 1 aromatic rings. The molecule has 0 aromatic heterocycles. The van der Waals surface area contributed by atoms with Gasteiger partial charge < -0.3 is 15.6 Å². The van der Waals surface area contributed by atoms with Gasteiger partial charge in [-0.2, -0.15) is 4.31 Å². The molecule has 0 amide bonds. The molecule has 0 atom stereocenters. The van der Waals surface area contributed by atoms with Crippen LogP contribution in [0.3, 0.4) is 0 Å². The van der Waals surface area contributed by atoms with Crippen LogP contribution in [0.5, 0.6) is 0 Å². The third-order valence-electron chi connectivity index (χ3n) is 2.65. The number of hydrogen-bond donors (Lipinski definition) is 4. The first-order chi connectivity index (χ1) is 9.88. The second-order valence-corrected chi connectivity index (χ2v) is 5.84. The van der Waals surface area contributed by atoms with E-state index in [0.717, 1.165) is 16.4 Å². The van der Waals surface area contributed by atoms with E-state index in [1.54, 1.807) is 0 Å². The molecule has 0 heterocycles. The summed E-state index contributed by atoms with van der Waals surface area (Å²) in [6, 6.07) is 3.14. The van der Waals surface area contributed by atoms with Gasteiger partial charge in [0.15, 0.2) is 0 Å². The Morgan fingerprint density at radius 3 is 2.29 bits per heavy atom. The fraction of sp³-hybridized carbons (Fsp3) is 0.400. The van der Waals surface area contributed by atoms with E-state index < -0.39 is 38.7 Å². The van der Waals surface area contributed by atoms with Crippen LogP contribution in [0.15, 0.2) is 23.1 Å². The summed E-state index contributed by atoms with van der Waals surface area (Å²) in [4.78, 5) is 9.63. The second-order valence-electron chi connectivity index (χ2n) is 3.93. The summed E-state index contributed by atoms with van der Waals surface area (Å²) in [5, 5.41) is 28.6. The van der Waals surface area contributed by atoms with E-state index in [0.29, 0.717) is 0 Å². The van der Waals surface area contributed by atoms with E-state index >= 15 is 0 Å². The highest BCUT2D eigenvalue weighted by atomic mass is 32.2. The molecule has 1 rings (SSSR count). The molecule has 0 fully saturated rings. The van der Waals surface area contributed by atoms with Crippen LogP contribution in [0, 0.1) is 10.1 Å². The molecule has 0 aliphatic heterocycles. The molecule has 0 bridgehead atoms. The maximum atomic E-state index is 12.5. The number of nitrogens with two attached hydrogens (primary N) is 1. The van der Waals surface area contributed by atoms with Crippen molar-refractivity contribution in [2.45, 2.75) is 4.90 Å². The molecular weight excluding hydrogens is 304 g/mol. The van der Waals surface area contributed by atoms with Crippen LogP contribution in [0.4, 0.5) is 11.4 Å². The summed E-state index contributed by atoms with van der Waals surface area (Å²) in [5.74, 6) is 5.22. The number of nitro groups is 1. The lowest BCUT2D eigenvalue weighted by Crippen LogP contribution is -2.36. The van der Waals surface area contributed by atoms with Gasteiger partial charge in [0.2, 0.25) is 10.0 Å². The number of hydrogen-bond acceptors (Lipinski definition) is 8. The minimum Gasteiger partial charge on any atom is -0.395 e. The Labute approximate surface area is 121 Å². The topological polar surface area (TPSA) is 159 Å². The zero-order chi connectivity index (χ0) is 16.0. The minimum absolute atomic E-state index is 0.0264. The quantitative estimate of drug-likeness (QED) is 0.265. The Hall–Kier alpha value is -1.79. The van der Waals surface area contributed by atoms with Crippen molar-refractivity contribution in [3.05, 3.63) is 28.3 Å². The predicted octanol–water partition coefficient (Wildman–Crippen LogP) is -1.14. The molecule has 10 nitrogen and oxygen atoms in total. The predicted molar refractivity (Wildman–Crippen MR) is 73.8 cm³/mol. The maximum Gasteiger partial charge on any atom is 0.270 e. The summed E-state index contributed by atoms with van der Waals surface area (Å²) in [7, 11) is -4.16. The van der Waals surface area contributed by atoms with E-state index in [2.05, 4.69) is 5.43 Å². The second kappa shape index (κ2) is 7.28. The lowest BCUT2D eigenvalue weighted by atomic mass is 10.3. The largest absolute Gasteiger partial charge is 0.395 e. The number of nitrogens with one attached hydrogen (secondary N) is 1. The monoisotopic (exact) mass is 320 g/mol.